The maximum atomic E-state index is 12.5. The summed E-state index contributed by atoms with van der Waals surface area (Å²) < 4.78 is 1.84. The third kappa shape index (κ3) is 3.37. The number of nitrogen functional groups attached to an aromatic ring is 1. The van der Waals surface area contributed by atoms with Gasteiger partial charge in [0.2, 0.25) is 5.91 Å². The number of likely N-dealkylation sites (N-methyl/N-ethyl adjacent to an activating group) is 1. The summed E-state index contributed by atoms with van der Waals surface area (Å²) in [5.74, 6) is -0.160. The zero-order valence-corrected chi connectivity index (χ0v) is 13.0. The number of nitrogens with zero attached hydrogens (tertiary/aromatic N) is 3. The fourth-order valence-corrected chi connectivity index (χ4v) is 2.64. The van der Waals surface area contributed by atoms with Crippen molar-refractivity contribution >= 4 is 17.5 Å². The third-order valence-electron chi connectivity index (χ3n) is 3.82. The van der Waals surface area contributed by atoms with Gasteiger partial charge in [-0.05, 0) is 32.8 Å². The van der Waals surface area contributed by atoms with Crippen LogP contribution in [-0.2, 0) is 4.79 Å². The number of anilines is 1. The highest BCUT2D eigenvalue weighted by molar-refractivity contribution is 5.96. The van der Waals surface area contributed by atoms with E-state index in [9.17, 15) is 9.59 Å². The van der Waals surface area contributed by atoms with E-state index in [2.05, 4.69) is 0 Å². The van der Waals surface area contributed by atoms with Crippen LogP contribution in [0.3, 0.4) is 0 Å². The summed E-state index contributed by atoms with van der Waals surface area (Å²) >= 11 is 0. The Bertz CT molecular complexity index is 530. The number of hydrogen-bond acceptors (Lipinski definition) is 3. The standard InChI is InChI=1S/C15H24N4O2/c1-11(2)19-9-12(16)8-13(19)15(21)17(3)10-14(20)18-6-4-5-7-18/h8-9,11H,4-7,10,16H2,1-3H3. The molecule has 1 aromatic heterocycles. The molecule has 0 radical (unpaired) electrons. The quantitative estimate of drug-likeness (QED) is 0.910. The molecule has 1 aliphatic heterocycles. The molecule has 2 heterocycles. The molecular formula is C15H24N4O2. The monoisotopic (exact) mass is 292 g/mol. The first-order chi connectivity index (χ1) is 9.90. The number of nitrogens with two attached hydrogens (primary N) is 1. The summed E-state index contributed by atoms with van der Waals surface area (Å²) in [7, 11) is 1.66. The lowest BCUT2D eigenvalue weighted by atomic mass is 10.3. The summed E-state index contributed by atoms with van der Waals surface area (Å²) in [6.45, 7) is 5.70. The van der Waals surface area contributed by atoms with Crippen molar-refractivity contribution in [1.29, 1.82) is 0 Å². The molecule has 0 bridgehead atoms. The molecule has 2 rings (SSSR count). The number of amides is 2. The van der Waals surface area contributed by atoms with Gasteiger partial charge in [-0.15, -0.1) is 0 Å². The van der Waals surface area contributed by atoms with Crippen LogP contribution < -0.4 is 5.73 Å². The van der Waals surface area contributed by atoms with Gasteiger partial charge in [0.05, 0.1) is 12.2 Å². The Morgan fingerprint density at radius 1 is 1.33 bits per heavy atom. The zero-order chi connectivity index (χ0) is 15.6. The third-order valence-corrected chi connectivity index (χ3v) is 3.82. The molecule has 1 aromatic rings. The van der Waals surface area contributed by atoms with E-state index in [0.29, 0.717) is 11.4 Å². The second-order valence-electron chi connectivity index (χ2n) is 5.91. The van der Waals surface area contributed by atoms with Crippen molar-refractivity contribution < 1.29 is 9.59 Å². The van der Waals surface area contributed by atoms with E-state index in [-0.39, 0.29) is 24.4 Å². The second kappa shape index (κ2) is 6.20. The Kier molecular flexibility index (Phi) is 4.55. The van der Waals surface area contributed by atoms with E-state index in [1.807, 2.05) is 23.3 Å². The summed E-state index contributed by atoms with van der Waals surface area (Å²) in [6.07, 6.45) is 3.86. The van der Waals surface area contributed by atoms with Gasteiger partial charge in [-0.1, -0.05) is 0 Å². The molecular weight excluding hydrogens is 268 g/mol. The normalized spacial score (nSPS) is 14.8. The number of aromatic nitrogens is 1. The van der Waals surface area contributed by atoms with Crippen molar-refractivity contribution in [3.8, 4) is 0 Å². The van der Waals surface area contributed by atoms with Crippen molar-refractivity contribution in [3.63, 3.8) is 0 Å². The van der Waals surface area contributed by atoms with E-state index < -0.39 is 0 Å². The van der Waals surface area contributed by atoms with Crippen LogP contribution in [0.2, 0.25) is 0 Å². The molecule has 0 saturated carbocycles. The minimum atomic E-state index is -0.173. The van der Waals surface area contributed by atoms with Gasteiger partial charge in [0.15, 0.2) is 0 Å². The van der Waals surface area contributed by atoms with Gasteiger partial charge in [0, 0.05) is 32.4 Å². The number of rotatable bonds is 4. The molecule has 1 saturated heterocycles. The minimum absolute atomic E-state index is 0.0129. The predicted molar refractivity (Wildman–Crippen MR) is 82.0 cm³/mol. The van der Waals surface area contributed by atoms with Gasteiger partial charge < -0.3 is 20.1 Å². The molecule has 21 heavy (non-hydrogen) atoms. The lowest BCUT2D eigenvalue weighted by Gasteiger charge is -2.22. The summed E-state index contributed by atoms with van der Waals surface area (Å²) in [5.41, 5.74) is 6.88. The highest BCUT2D eigenvalue weighted by Gasteiger charge is 2.23. The number of likely N-dealkylation sites (tertiary alicyclic amines) is 1. The first-order valence-electron chi connectivity index (χ1n) is 7.40. The minimum Gasteiger partial charge on any atom is -0.397 e. The van der Waals surface area contributed by atoms with Crippen LogP contribution in [0.4, 0.5) is 5.69 Å². The number of carbonyl (C=O) groups excluding carboxylic acids is 2. The van der Waals surface area contributed by atoms with Crippen molar-refractivity contribution in [1.82, 2.24) is 14.4 Å². The lowest BCUT2D eigenvalue weighted by molar-refractivity contribution is -0.130. The fourth-order valence-electron chi connectivity index (χ4n) is 2.64. The van der Waals surface area contributed by atoms with Crippen LogP contribution in [0.5, 0.6) is 0 Å². The van der Waals surface area contributed by atoms with Crippen LogP contribution in [0.15, 0.2) is 12.3 Å². The Labute approximate surface area is 125 Å². The van der Waals surface area contributed by atoms with Gasteiger partial charge in [0.1, 0.15) is 5.69 Å². The van der Waals surface area contributed by atoms with E-state index in [0.717, 1.165) is 25.9 Å². The molecule has 0 spiro atoms. The zero-order valence-electron chi connectivity index (χ0n) is 13.0. The topological polar surface area (TPSA) is 71.6 Å². The highest BCUT2D eigenvalue weighted by Crippen LogP contribution is 2.18. The van der Waals surface area contributed by atoms with E-state index >= 15 is 0 Å². The smallest absolute Gasteiger partial charge is 0.270 e. The highest BCUT2D eigenvalue weighted by atomic mass is 16.2. The number of hydrogen-bond donors (Lipinski definition) is 1. The molecule has 6 heteroatoms. The Hall–Kier alpha value is -1.98. The van der Waals surface area contributed by atoms with E-state index in [4.69, 9.17) is 5.73 Å². The predicted octanol–water partition coefficient (Wildman–Crippen LogP) is 1.35. The molecule has 0 atom stereocenters. The van der Waals surface area contributed by atoms with Crippen LogP contribution in [0.25, 0.3) is 0 Å². The average molecular weight is 292 g/mol. The summed E-state index contributed by atoms with van der Waals surface area (Å²) in [4.78, 5) is 27.9. The molecule has 0 aromatic carbocycles. The van der Waals surface area contributed by atoms with Gasteiger partial charge in [-0.2, -0.15) is 0 Å². The van der Waals surface area contributed by atoms with Crippen LogP contribution in [0, 0.1) is 0 Å². The maximum absolute atomic E-state index is 12.5. The van der Waals surface area contributed by atoms with Gasteiger partial charge in [-0.3, -0.25) is 9.59 Å². The van der Waals surface area contributed by atoms with Crippen molar-refractivity contribution in [2.24, 2.45) is 0 Å². The van der Waals surface area contributed by atoms with E-state index in [1.54, 1.807) is 19.3 Å². The van der Waals surface area contributed by atoms with Crippen LogP contribution >= 0.6 is 0 Å². The largest absolute Gasteiger partial charge is 0.397 e. The fraction of sp³-hybridized carbons (Fsp3) is 0.600. The van der Waals surface area contributed by atoms with E-state index in [1.165, 1.54) is 4.90 Å². The average Bonchev–Trinajstić information content (AvgIpc) is 3.06. The van der Waals surface area contributed by atoms with Crippen molar-refractivity contribution in [3.05, 3.63) is 18.0 Å². The molecule has 2 amide bonds. The molecule has 0 unspecified atom stereocenters. The molecule has 116 valence electrons. The maximum Gasteiger partial charge on any atom is 0.270 e. The van der Waals surface area contributed by atoms with Crippen LogP contribution in [0.1, 0.15) is 43.2 Å². The molecule has 1 aliphatic rings. The Balaban J connectivity index is 2.06. The first-order valence-corrected chi connectivity index (χ1v) is 7.40. The SMILES string of the molecule is CC(C)n1cc(N)cc1C(=O)N(C)CC(=O)N1CCCC1. The summed E-state index contributed by atoms with van der Waals surface area (Å²) in [6, 6.07) is 1.81. The molecule has 0 aliphatic carbocycles. The molecule has 1 fully saturated rings. The summed E-state index contributed by atoms with van der Waals surface area (Å²) in [5, 5.41) is 0. The lowest BCUT2D eigenvalue weighted by Crippen LogP contribution is -2.40. The number of carbonyl (C=O) groups is 2. The van der Waals surface area contributed by atoms with Crippen LogP contribution in [-0.4, -0.2) is 52.9 Å². The Morgan fingerprint density at radius 2 is 1.95 bits per heavy atom. The second-order valence-corrected chi connectivity index (χ2v) is 5.91. The molecule has 2 N–H and O–H groups in total. The van der Waals surface area contributed by atoms with Crippen molar-refractivity contribution in [2.45, 2.75) is 32.7 Å². The van der Waals surface area contributed by atoms with Gasteiger partial charge >= 0.3 is 0 Å². The first kappa shape index (κ1) is 15.4. The van der Waals surface area contributed by atoms with Gasteiger partial charge in [0.25, 0.3) is 5.91 Å². The van der Waals surface area contributed by atoms with Crippen molar-refractivity contribution in [2.75, 3.05) is 32.4 Å². The van der Waals surface area contributed by atoms with Gasteiger partial charge in [-0.25, -0.2) is 0 Å². The molecule has 6 nitrogen and oxygen atoms in total. The Morgan fingerprint density at radius 3 is 2.52 bits per heavy atom.